The van der Waals surface area contributed by atoms with E-state index in [4.69, 9.17) is 0 Å². The van der Waals surface area contributed by atoms with Gasteiger partial charge in [-0.25, -0.2) is 0 Å². The number of rotatable bonds is 5. The van der Waals surface area contributed by atoms with Crippen LogP contribution in [-0.2, 0) is 0 Å². The minimum atomic E-state index is 1.11. The number of hydrogen-bond donors (Lipinski definition) is 0. The highest BCUT2D eigenvalue weighted by Gasteiger charge is 2.21. The van der Waals surface area contributed by atoms with Crippen LogP contribution in [-0.4, -0.2) is 4.57 Å². The van der Waals surface area contributed by atoms with Gasteiger partial charge in [-0.05, 0) is 77.0 Å². The maximum absolute atomic E-state index is 2.44. The van der Waals surface area contributed by atoms with Gasteiger partial charge in [-0.3, -0.25) is 0 Å². The van der Waals surface area contributed by atoms with Crippen molar-refractivity contribution in [2.24, 2.45) is 0 Å². The number of aromatic nitrogens is 1. The molecule has 8 aromatic carbocycles. The van der Waals surface area contributed by atoms with Gasteiger partial charge < -0.3 is 9.47 Å². The summed E-state index contributed by atoms with van der Waals surface area (Å²) in [7, 11) is 0. The first-order valence-electron chi connectivity index (χ1n) is 16.7. The van der Waals surface area contributed by atoms with E-state index in [0.717, 1.165) is 22.7 Å². The zero-order valence-corrected chi connectivity index (χ0v) is 27.4. The average molecular weight is 643 g/mol. The van der Waals surface area contributed by atoms with Crippen molar-refractivity contribution in [2.45, 2.75) is 0 Å². The highest BCUT2D eigenvalue weighted by Crippen LogP contribution is 2.46. The molecule has 0 N–H and O–H groups in total. The Balaban J connectivity index is 1.29. The van der Waals surface area contributed by atoms with Gasteiger partial charge in [0.15, 0.2) is 0 Å². The molecule has 0 amide bonds. The Morgan fingerprint density at radius 3 is 1.98 bits per heavy atom. The first-order valence-corrected chi connectivity index (χ1v) is 17.5. The number of nitrogens with zero attached hydrogens (tertiary/aromatic N) is 2. The van der Waals surface area contributed by atoms with Crippen LogP contribution in [0, 0.1) is 0 Å². The van der Waals surface area contributed by atoms with Crippen LogP contribution in [0.3, 0.4) is 0 Å². The van der Waals surface area contributed by atoms with E-state index in [-0.39, 0.29) is 0 Å². The van der Waals surface area contributed by atoms with Gasteiger partial charge in [-0.1, -0.05) is 121 Å². The molecule has 10 rings (SSSR count). The molecule has 0 bridgehead atoms. The van der Waals surface area contributed by atoms with Crippen molar-refractivity contribution in [1.29, 1.82) is 0 Å². The Kier molecular flexibility index (Phi) is 6.39. The SMILES string of the molecule is c1ccc(-c2ccccc2N(c2ccc3sc4ccccc4c3c2)c2ccc3c4c5ccccc5ccc4n(-c4ccccc4)c3c2)cc1. The number of thiophene rings is 1. The Morgan fingerprint density at radius 2 is 1.10 bits per heavy atom. The van der Waals surface area contributed by atoms with Gasteiger partial charge in [0.2, 0.25) is 0 Å². The summed E-state index contributed by atoms with van der Waals surface area (Å²) >= 11 is 1.86. The van der Waals surface area contributed by atoms with Crippen LogP contribution in [0.2, 0.25) is 0 Å². The molecule has 2 nitrogen and oxygen atoms in total. The van der Waals surface area contributed by atoms with Gasteiger partial charge >= 0.3 is 0 Å². The van der Waals surface area contributed by atoms with Crippen molar-refractivity contribution in [3.8, 4) is 16.8 Å². The van der Waals surface area contributed by atoms with Crippen molar-refractivity contribution >= 4 is 81.1 Å². The van der Waals surface area contributed by atoms with E-state index in [0.29, 0.717) is 0 Å². The molecule has 0 spiro atoms. The summed E-state index contributed by atoms with van der Waals surface area (Å²) in [6.45, 7) is 0. The number of para-hydroxylation sites is 2. The minimum absolute atomic E-state index is 1.11. The van der Waals surface area contributed by atoms with Gasteiger partial charge in [0.1, 0.15) is 0 Å². The molecule has 0 fully saturated rings. The molecule has 2 aromatic heterocycles. The zero-order chi connectivity index (χ0) is 32.3. The Morgan fingerprint density at radius 1 is 0.429 bits per heavy atom. The van der Waals surface area contributed by atoms with Crippen LogP contribution in [0.15, 0.2) is 182 Å². The lowest BCUT2D eigenvalue weighted by molar-refractivity contribution is 1.18. The molecule has 10 aromatic rings. The fourth-order valence-electron chi connectivity index (χ4n) is 7.58. The van der Waals surface area contributed by atoms with Crippen LogP contribution in [0.5, 0.6) is 0 Å². The lowest BCUT2D eigenvalue weighted by Gasteiger charge is -2.28. The second kappa shape index (κ2) is 11.2. The lowest BCUT2D eigenvalue weighted by Crippen LogP contribution is -2.11. The Hall–Kier alpha value is -6.16. The standard InChI is InChI=1S/C46H30N2S/c1-3-13-31(14-4-1)36-18-9-11-21-41(36)47(34-25-28-45-40(29-34)38-20-10-12-22-44(38)49-45)35-24-26-39-43(30-35)48(33-16-5-2-6-17-33)42-27-23-32-15-7-8-19-37(32)46(39)42/h1-30H. The quantitative estimate of drug-likeness (QED) is 0.181. The zero-order valence-electron chi connectivity index (χ0n) is 26.6. The van der Waals surface area contributed by atoms with Crippen molar-refractivity contribution < 1.29 is 0 Å². The van der Waals surface area contributed by atoms with Gasteiger partial charge in [-0.2, -0.15) is 0 Å². The van der Waals surface area contributed by atoms with E-state index in [9.17, 15) is 0 Å². The maximum Gasteiger partial charge on any atom is 0.0562 e. The topological polar surface area (TPSA) is 8.17 Å². The molecular weight excluding hydrogens is 613 g/mol. The maximum atomic E-state index is 2.44. The first kappa shape index (κ1) is 27.9. The second-order valence-corrected chi connectivity index (χ2v) is 13.6. The molecule has 49 heavy (non-hydrogen) atoms. The Bertz CT molecular complexity index is 2830. The summed E-state index contributed by atoms with van der Waals surface area (Å²) in [4.78, 5) is 2.44. The minimum Gasteiger partial charge on any atom is -0.310 e. The van der Waals surface area contributed by atoms with Crippen LogP contribution in [0.4, 0.5) is 17.1 Å². The predicted molar refractivity (Wildman–Crippen MR) is 211 cm³/mol. The first-order chi connectivity index (χ1) is 24.3. The molecule has 0 saturated carbocycles. The molecule has 230 valence electrons. The van der Waals surface area contributed by atoms with Crippen molar-refractivity contribution in [3.05, 3.63) is 182 Å². The third-order valence-corrected chi connectivity index (χ3v) is 10.9. The number of benzene rings is 8. The summed E-state index contributed by atoms with van der Waals surface area (Å²) in [5.74, 6) is 0. The van der Waals surface area contributed by atoms with Gasteiger partial charge in [0.05, 0.1) is 16.7 Å². The normalized spacial score (nSPS) is 11.7. The van der Waals surface area contributed by atoms with Crippen LogP contribution >= 0.6 is 11.3 Å². The van der Waals surface area contributed by atoms with E-state index >= 15 is 0 Å². The lowest BCUT2D eigenvalue weighted by atomic mass is 10.0. The molecule has 0 aliphatic rings. The summed E-state index contributed by atoms with van der Waals surface area (Å²) in [6.07, 6.45) is 0. The predicted octanol–water partition coefficient (Wildman–Crippen LogP) is 13.4. The monoisotopic (exact) mass is 642 g/mol. The Labute approximate surface area is 288 Å². The number of fused-ring (bicyclic) bond motifs is 8. The van der Waals surface area contributed by atoms with Crippen molar-refractivity contribution in [3.63, 3.8) is 0 Å². The third kappa shape index (κ3) is 4.47. The van der Waals surface area contributed by atoms with Crippen LogP contribution in [0.1, 0.15) is 0 Å². The van der Waals surface area contributed by atoms with Gasteiger partial charge in [0.25, 0.3) is 0 Å². The summed E-state index contributed by atoms with van der Waals surface area (Å²) in [6, 6.07) is 66.2. The molecule has 0 unspecified atom stereocenters. The second-order valence-electron chi connectivity index (χ2n) is 12.6. The summed E-state index contributed by atoms with van der Waals surface area (Å²) < 4.78 is 5.04. The largest absolute Gasteiger partial charge is 0.310 e. The van der Waals surface area contributed by atoms with E-state index in [1.807, 2.05) is 11.3 Å². The van der Waals surface area contributed by atoms with Crippen LogP contribution in [0.25, 0.3) is 69.6 Å². The molecule has 2 heterocycles. The van der Waals surface area contributed by atoms with Crippen molar-refractivity contribution in [2.75, 3.05) is 4.90 Å². The van der Waals surface area contributed by atoms with E-state index < -0.39 is 0 Å². The van der Waals surface area contributed by atoms with E-state index in [1.165, 1.54) is 63.9 Å². The highest BCUT2D eigenvalue weighted by atomic mass is 32.1. The van der Waals surface area contributed by atoms with Gasteiger partial charge in [-0.15, -0.1) is 11.3 Å². The van der Waals surface area contributed by atoms with Crippen molar-refractivity contribution in [1.82, 2.24) is 4.57 Å². The average Bonchev–Trinajstić information content (AvgIpc) is 3.71. The third-order valence-electron chi connectivity index (χ3n) is 9.76. The van der Waals surface area contributed by atoms with Gasteiger partial charge in [0, 0.05) is 53.6 Å². The van der Waals surface area contributed by atoms with E-state index in [2.05, 4.69) is 191 Å². The molecule has 3 heteroatoms. The number of hydrogen-bond acceptors (Lipinski definition) is 2. The molecule has 0 saturated heterocycles. The number of anilines is 3. The summed E-state index contributed by atoms with van der Waals surface area (Å²) in [5, 5.41) is 7.63. The molecule has 0 aliphatic heterocycles. The molecular formula is C46H30N2S. The molecule has 0 radical (unpaired) electrons. The van der Waals surface area contributed by atoms with Crippen LogP contribution < -0.4 is 4.90 Å². The fourth-order valence-corrected chi connectivity index (χ4v) is 8.67. The molecule has 0 aliphatic carbocycles. The smallest absolute Gasteiger partial charge is 0.0562 e. The molecule has 0 atom stereocenters. The fraction of sp³-hybridized carbons (Fsp3) is 0. The van der Waals surface area contributed by atoms with E-state index in [1.54, 1.807) is 0 Å². The summed E-state index contributed by atoms with van der Waals surface area (Å²) in [5.41, 5.74) is 9.30. The highest BCUT2D eigenvalue weighted by molar-refractivity contribution is 7.25.